The van der Waals surface area contributed by atoms with Crippen LogP contribution in [-0.4, -0.2) is 39.9 Å². The third-order valence-electron chi connectivity index (χ3n) is 4.46. The predicted octanol–water partition coefficient (Wildman–Crippen LogP) is 1.51. The van der Waals surface area contributed by atoms with Crippen molar-refractivity contribution in [1.82, 2.24) is 0 Å². The van der Waals surface area contributed by atoms with Gasteiger partial charge in [-0.05, 0) is 43.4 Å². The number of cyclic esters (lactones) is 1. The summed E-state index contributed by atoms with van der Waals surface area (Å²) in [5, 5.41) is -0.265. The highest BCUT2D eigenvalue weighted by atomic mass is 32.2. The van der Waals surface area contributed by atoms with Gasteiger partial charge in [0.2, 0.25) is 0 Å². The van der Waals surface area contributed by atoms with E-state index >= 15 is 0 Å². The summed E-state index contributed by atoms with van der Waals surface area (Å²) in [7, 11) is -0.923. The van der Waals surface area contributed by atoms with Crippen LogP contribution in [0.15, 0.2) is 24.3 Å². The van der Waals surface area contributed by atoms with Gasteiger partial charge in [0, 0.05) is 22.2 Å². The summed E-state index contributed by atoms with van der Waals surface area (Å²) < 4.78 is 16.7. The number of nitrogens with two attached hydrogens (primary N) is 1. The first-order chi connectivity index (χ1) is 11.0. The van der Waals surface area contributed by atoms with Crippen LogP contribution in [0.1, 0.15) is 31.2 Å². The Labute approximate surface area is 137 Å². The highest BCUT2D eigenvalue weighted by Gasteiger charge is 2.35. The van der Waals surface area contributed by atoms with Crippen molar-refractivity contribution in [1.29, 1.82) is 0 Å². The second-order valence-electron chi connectivity index (χ2n) is 6.03. The number of nitrogens with zero attached hydrogens (tertiary/aromatic N) is 1. The van der Waals surface area contributed by atoms with Gasteiger partial charge < -0.3 is 10.5 Å². The topological polar surface area (TPSA) is 89.7 Å². The van der Waals surface area contributed by atoms with E-state index in [9.17, 15) is 13.8 Å². The van der Waals surface area contributed by atoms with E-state index in [-0.39, 0.29) is 17.7 Å². The molecule has 1 amide bonds. The number of hydrogen-bond acceptors (Lipinski definition) is 5. The monoisotopic (exact) mass is 336 g/mol. The molecule has 0 aromatic heterocycles. The molecule has 2 saturated heterocycles. The van der Waals surface area contributed by atoms with Crippen molar-refractivity contribution < 1.29 is 18.5 Å². The number of carbonyl (C=O) groups is 2. The minimum Gasteiger partial charge on any atom is -0.436 e. The summed E-state index contributed by atoms with van der Waals surface area (Å²) in [6.45, 7) is 1.67. The quantitative estimate of drug-likeness (QED) is 0.904. The molecule has 2 N–H and O–H groups in total. The molecule has 6 nitrogen and oxygen atoms in total. The normalized spacial score (nSPS) is 31.0. The zero-order valence-corrected chi connectivity index (χ0v) is 13.8. The van der Waals surface area contributed by atoms with Gasteiger partial charge in [-0.1, -0.05) is 12.1 Å². The molecule has 4 atom stereocenters. The van der Waals surface area contributed by atoms with Crippen LogP contribution in [0.4, 0.5) is 10.5 Å². The second kappa shape index (κ2) is 6.41. The number of ether oxygens (including phenoxy) is 1. The molecule has 2 aliphatic rings. The smallest absolute Gasteiger partial charge is 0.415 e. The highest BCUT2D eigenvalue weighted by molar-refractivity contribution is 7.85. The van der Waals surface area contributed by atoms with Crippen LogP contribution in [0.2, 0.25) is 0 Å². The van der Waals surface area contributed by atoms with E-state index in [1.54, 1.807) is 0 Å². The minimum absolute atomic E-state index is 0.151. The number of carbonyl (C=O) groups excluding carboxylic acids is 2. The molecule has 1 aromatic carbocycles. The third-order valence-corrected chi connectivity index (χ3v) is 5.97. The first kappa shape index (κ1) is 16.1. The molecule has 0 bridgehead atoms. The standard InChI is InChI=1S/C16H20N2O4S/c1-10(19)14-9-18(16(20)22-14)13-4-2-11(3-5-13)12-6-7-23(21)15(17)8-12/h2-5,12,14-15H,6-9,17H2,1H3. The number of anilines is 1. The summed E-state index contributed by atoms with van der Waals surface area (Å²) in [4.78, 5) is 24.7. The van der Waals surface area contributed by atoms with Crippen LogP contribution < -0.4 is 10.6 Å². The lowest BCUT2D eigenvalue weighted by Gasteiger charge is -2.26. The fraction of sp³-hybridized carbons (Fsp3) is 0.500. The van der Waals surface area contributed by atoms with Gasteiger partial charge in [0.15, 0.2) is 11.9 Å². The maximum Gasteiger partial charge on any atom is 0.415 e. The molecular weight excluding hydrogens is 316 g/mol. The van der Waals surface area contributed by atoms with Crippen LogP contribution >= 0.6 is 0 Å². The molecule has 2 fully saturated rings. The third kappa shape index (κ3) is 3.30. The molecule has 7 heteroatoms. The highest BCUT2D eigenvalue weighted by Crippen LogP contribution is 2.31. The summed E-state index contributed by atoms with van der Waals surface area (Å²) >= 11 is 0. The van der Waals surface area contributed by atoms with Crippen LogP contribution in [0.25, 0.3) is 0 Å². The Morgan fingerprint density at radius 3 is 2.61 bits per heavy atom. The maximum absolute atomic E-state index is 11.9. The van der Waals surface area contributed by atoms with Crippen molar-refractivity contribution in [3.63, 3.8) is 0 Å². The van der Waals surface area contributed by atoms with Crippen molar-refractivity contribution >= 4 is 28.4 Å². The van der Waals surface area contributed by atoms with E-state index in [0.29, 0.717) is 23.8 Å². The number of rotatable bonds is 3. The summed E-state index contributed by atoms with van der Waals surface area (Å²) in [6.07, 6.45) is 0.392. The number of hydrogen-bond donors (Lipinski definition) is 1. The van der Waals surface area contributed by atoms with Gasteiger partial charge in [0.1, 0.15) is 0 Å². The summed E-state index contributed by atoms with van der Waals surface area (Å²) in [6, 6.07) is 7.65. The van der Waals surface area contributed by atoms with Gasteiger partial charge in [0.05, 0.1) is 11.9 Å². The van der Waals surface area contributed by atoms with Gasteiger partial charge in [-0.15, -0.1) is 0 Å². The fourth-order valence-corrected chi connectivity index (χ4v) is 4.30. The van der Waals surface area contributed by atoms with Gasteiger partial charge >= 0.3 is 6.09 Å². The molecule has 124 valence electrons. The van der Waals surface area contributed by atoms with Crippen LogP contribution in [0.3, 0.4) is 0 Å². The van der Waals surface area contributed by atoms with E-state index in [0.717, 1.165) is 12.0 Å². The Morgan fingerprint density at radius 1 is 1.35 bits per heavy atom. The van der Waals surface area contributed by atoms with Crippen molar-refractivity contribution in [2.24, 2.45) is 5.73 Å². The van der Waals surface area contributed by atoms with Crippen LogP contribution in [0, 0.1) is 0 Å². The van der Waals surface area contributed by atoms with Crippen molar-refractivity contribution in [2.45, 2.75) is 37.2 Å². The average molecular weight is 336 g/mol. The number of amides is 1. The van der Waals surface area contributed by atoms with Crippen molar-refractivity contribution in [2.75, 3.05) is 17.2 Å². The predicted molar refractivity (Wildman–Crippen MR) is 87.7 cm³/mol. The molecular formula is C16H20N2O4S. The van der Waals surface area contributed by atoms with Crippen LogP contribution in [0.5, 0.6) is 0 Å². The Hall–Kier alpha value is -1.73. The molecule has 2 heterocycles. The molecule has 4 unspecified atom stereocenters. The largest absolute Gasteiger partial charge is 0.436 e. The van der Waals surface area contributed by atoms with Gasteiger partial charge in [0.25, 0.3) is 0 Å². The molecule has 0 aliphatic carbocycles. The number of benzene rings is 1. The lowest BCUT2D eigenvalue weighted by Crippen LogP contribution is -2.34. The zero-order chi connectivity index (χ0) is 16.6. The van der Waals surface area contributed by atoms with E-state index in [1.807, 2.05) is 24.3 Å². The Morgan fingerprint density at radius 2 is 2.04 bits per heavy atom. The maximum atomic E-state index is 11.9. The lowest BCUT2D eigenvalue weighted by molar-refractivity contribution is -0.123. The van der Waals surface area contributed by atoms with E-state index in [4.69, 9.17) is 10.5 Å². The van der Waals surface area contributed by atoms with E-state index in [1.165, 1.54) is 11.8 Å². The van der Waals surface area contributed by atoms with Crippen LogP contribution in [-0.2, 0) is 20.3 Å². The molecule has 23 heavy (non-hydrogen) atoms. The van der Waals surface area contributed by atoms with Crippen molar-refractivity contribution in [3.8, 4) is 0 Å². The van der Waals surface area contributed by atoms with Gasteiger partial charge in [-0.3, -0.25) is 13.9 Å². The van der Waals surface area contributed by atoms with E-state index in [2.05, 4.69) is 0 Å². The number of Topliss-reactive ketones (excluding diaryl/α,β-unsaturated/α-hetero) is 1. The average Bonchev–Trinajstić information content (AvgIpc) is 2.92. The van der Waals surface area contributed by atoms with Crippen molar-refractivity contribution in [3.05, 3.63) is 29.8 Å². The molecule has 0 saturated carbocycles. The first-order valence-electron chi connectivity index (χ1n) is 7.67. The lowest BCUT2D eigenvalue weighted by atomic mass is 9.92. The molecule has 3 rings (SSSR count). The second-order valence-corrected chi connectivity index (χ2v) is 7.81. The van der Waals surface area contributed by atoms with Gasteiger partial charge in [-0.2, -0.15) is 0 Å². The summed E-state index contributed by atoms with van der Waals surface area (Å²) in [5.41, 5.74) is 7.75. The SMILES string of the molecule is CC(=O)C1CN(c2ccc(C3CCS(=O)C(N)C3)cc2)C(=O)O1. The Bertz CT molecular complexity index is 646. The minimum atomic E-state index is -0.923. The summed E-state index contributed by atoms with van der Waals surface area (Å²) in [5.74, 6) is 0.778. The van der Waals surface area contributed by atoms with Gasteiger partial charge in [-0.25, -0.2) is 4.79 Å². The zero-order valence-electron chi connectivity index (χ0n) is 12.9. The van der Waals surface area contributed by atoms with E-state index < -0.39 is 23.0 Å². The molecule has 0 radical (unpaired) electrons. The fourth-order valence-electron chi connectivity index (χ4n) is 3.03. The first-order valence-corrected chi connectivity index (χ1v) is 9.05. The molecule has 2 aliphatic heterocycles. The molecule has 1 aromatic rings. The molecule has 0 spiro atoms. The Kier molecular flexibility index (Phi) is 4.50. The Balaban J connectivity index is 1.71. The number of ketones is 1.